The number of pyridine rings is 1. The number of thioether (sulfide) groups is 1. The number of nitrogens with zero attached hydrogens (tertiary/aromatic N) is 4. The average molecular weight is 510 g/mol. The fourth-order valence-electron chi connectivity index (χ4n) is 3.10. The summed E-state index contributed by atoms with van der Waals surface area (Å²) in [6.45, 7) is 1.96. The molecule has 1 amide bonds. The molecule has 0 aliphatic carbocycles. The third-order valence-electron chi connectivity index (χ3n) is 4.60. The monoisotopic (exact) mass is 509 g/mol. The number of halogens is 1. The number of hydrogen-bond donors (Lipinski definition) is 1. The number of hydrogen-bond acceptors (Lipinski definition) is 6. The summed E-state index contributed by atoms with van der Waals surface area (Å²) in [7, 11) is 1.58. The Morgan fingerprint density at radius 3 is 2.69 bits per heavy atom. The summed E-state index contributed by atoms with van der Waals surface area (Å²) < 4.78 is 8.24. The van der Waals surface area contributed by atoms with E-state index in [2.05, 4.69) is 36.4 Å². The van der Waals surface area contributed by atoms with Crippen molar-refractivity contribution < 1.29 is 9.53 Å². The summed E-state index contributed by atoms with van der Waals surface area (Å²) >= 11 is 4.78. The van der Waals surface area contributed by atoms with Gasteiger partial charge in [-0.25, -0.2) is 0 Å². The molecule has 0 atom stereocenters. The zero-order chi connectivity index (χ0) is 22.5. The molecule has 9 heteroatoms. The maximum atomic E-state index is 12.7. The van der Waals surface area contributed by atoms with Gasteiger partial charge < -0.3 is 10.1 Å². The lowest BCUT2D eigenvalue weighted by Crippen LogP contribution is -2.15. The Kier molecular flexibility index (Phi) is 6.87. The Labute approximate surface area is 198 Å². The lowest BCUT2D eigenvalue weighted by molar-refractivity contribution is -0.113. The van der Waals surface area contributed by atoms with Gasteiger partial charge in [-0.15, -0.1) is 10.2 Å². The quantitative estimate of drug-likeness (QED) is 0.347. The standard InChI is InChI=1S/C23H20BrN5O2S/c1-15-5-10-20(31-2)19(12-15)26-21(30)14-32-23-28-27-22(16-4-3-11-25-13-16)29(23)18-8-6-17(24)7-9-18/h3-13H,14H2,1-2H3,(H,26,30). The zero-order valence-corrected chi connectivity index (χ0v) is 19.9. The van der Waals surface area contributed by atoms with E-state index in [0.717, 1.165) is 21.3 Å². The molecule has 162 valence electrons. The van der Waals surface area contributed by atoms with Crippen LogP contribution in [0.3, 0.4) is 0 Å². The Balaban J connectivity index is 1.59. The summed E-state index contributed by atoms with van der Waals surface area (Å²) in [6, 6.07) is 17.3. The zero-order valence-electron chi connectivity index (χ0n) is 17.4. The molecule has 7 nitrogen and oxygen atoms in total. The first-order valence-electron chi connectivity index (χ1n) is 9.74. The highest BCUT2D eigenvalue weighted by molar-refractivity contribution is 9.10. The Morgan fingerprint density at radius 2 is 1.97 bits per heavy atom. The summed E-state index contributed by atoms with van der Waals surface area (Å²) in [5.41, 5.74) is 3.40. The fraction of sp³-hybridized carbons (Fsp3) is 0.130. The van der Waals surface area contributed by atoms with Gasteiger partial charge in [-0.3, -0.25) is 14.3 Å². The van der Waals surface area contributed by atoms with E-state index in [9.17, 15) is 4.79 Å². The number of nitrogens with one attached hydrogen (secondary N) is 1. The minimum atomic E-state index is -0.160. The molecule has 2 heterocycles. The normalized spacial score (nSPS) is 10.7. The molecule has 0 spiro atoms. The molecule has 4 aromatic rings. The van der Waals surface area contributed by atoms with E-state index < -0.39 is 0 Å². The van der Waals surface area contributed by atoms with Crippen molar-refractivity contribution in [2.75, 3.05) is 18.2 Å². The van der Waals surface area contributed by atoms with Gasteiger partial charge in [0.1, 0.15) is 5.75 Å². The first kappa shape index (κ1) is 22.0. The van der Waals surface area contributed by atoms with E-state index in [-0.39, 0.29) is 11.7 Å². The number of rotatable bonds is 7. The highest BCUT2D eigenvalue weighted by atomic mass is 79.9. The average Bonchev–Trinajstić information content (AvgIpc) is 3.23. The van der Waals surface area contributed by atoms with Crippen molar-refractivity contribution in [3.8, 4) is 22.8 Å². The van der Waals surface area contributed by atoms with Crippen molar-refractivity contribution in [1.29, 1.82) is 0 Å². The highest BCUT2D eigenvalue weighted by Gasteiger charge is 2.18. The molecule has 2 aromatic heterocycles. The summed E-state index contributed by atoms with van der Waals surface area (Å²) in [6.07, 6.45) is 3.45. The van der Waals surface area contributed by atoms with E-state index >= 15 is 0 Å². The molecule has 0 bridgehead atoms. The van der Waals surface area contributed by atoms with E-state index in [1.54, 1.807) is 19.5 Å². The molecular weight excluding hydrogens is 490 g/mol. The van der Waals surface area contributed by atoms with Crippen molar-refractivity contribution in [2.24, 2.45) is 0 Å². The predicted octanol–water partition coefficient (Wildman–Crippen LogP) is 5.14. The van der Waals surface area contributed by atoms with Crippen LogP contribution in [0.5, 0.6) is 5.75 Å². The topological polar surface area (TPSA) is 81.9 Å². The van der Waals surface area contributed by atoms with Gasteiger partial charge in [0.15, 0.2) is 11.0 Å². The molecule has 0 aliphatic rings. The number of amides is 1. The van der Waals surface area contributed by atoms with E-state index in [1.807, 2.05) is 66.1 Å². The SMILES string of the molecule is COc1ccc(C)cc1NC(=O)CSc1nnc(-c2cccnc2)n1-c1ccc(Br)cc1. The minimum absolute atomic E-state index is 0.160. The second-order valence-corrected chi connectivity index (χ2v) is 8.76. The highest BCUT2D eigenvalue weighted by Crippen LogP contribution is 2.29. The summed E-state index contributed by atoms with van der Waals surface area (Å²) in [5.74, 6) is 1.28. The van der Waals surface area contributed by atoms with Crippen molar-refractivity contribution >= 4 is 39.3 Å². The maximum absolute atomic E-state index is 12.7. The maximum Gasteiger partial charge on any atom is 0.234 e. The molecule has 0 saturated heterocycles. The van der Waals surface area contributed by atoms with Gasteiger partial charge in [0, 0.05) is 28.1 Å². The van der Waals surface area contributed by atoms with Crippen LogP contribution in [0.25, 0.3) is 17.1 Å². The third kappa shape index (κ3) is 5.00. The van der Waals surface area contributed by atoms with Crippen molar-refractivity contribution in [1.82, 2.24) is 19.7 Å². The summed E-state index contributed by atoms with van der Waals surface area (Å²) in [4.78, 5) is 16.9. The molecule has 0 saturated carbocycles. The molecule has 4 rings (SSSR count). The minimum Gasteiger partial charge on any atom is -0.495 e. The van der Waals surface area contributed by atoms with Crippen molar-refractivity contribution in [2.45, 2.75) is 12.1 Å². The molecule has 1 N–H and O–H groups in total. The third-order valence-corrected chi connectivity index (χ3v) is 6.06. The van der Waals surface area contributed by atoms with Gasteiger partial charge in [-0.2, -0.15) is 0 Å². The Hall–Kier alpha value is -3.17. The predicted molar refractivity (Wildman–Crippen MR) is 129 cm³/mol. The molecule has 0 fully saturated rings. The van der Waals surface area contributed by atoms with Crippen LogP contribution >= 0.6 is 27.7 Å². The van der Waals surface area contributed by atoms with Crippen LogP contribution in [0, 0.1) is 6.92 Å². The molecule has 2 aromatic carbocycles. The van der Waals surface area contributed by atoms with Crippen LogP contribution in [0.2, 0.25) is 0 Å². The van der Waals surface area contributed by atoms with Gasteiger partial charge in [-0.05, 0) is 61.0 Å². The van der Waals surface area contributed by atoms with Crippen LogP contribution in [0.15, 0.2) is 76.6 Å². The van der Waals surface area contributed by atoms with E-state index in [0.29, 0.717) is 22.4 Å². The number of aromatic nitrogens is 4. The number of carbonyl (C=O) groups excluding carboxylic acids is 1. The summed E-state index contributed by atoms with van der Waals surface area (Å²) in [5, 5.41) is 12.3. The van der Waals surface area contributed by atoms with Crippen molar-refractivity contribution in [3.05, 3.63) is 77.0 Å². The van der Waals surface area contributed by atoms with Crippen LogP contribution in [-0.2, 0) is 4.79 Å². The molecule has 0 radical (unpaired) electrons. The molecule has 0 unspecified atom stereocenters. The first-order valence-corrected chi connectivity index (χ1v) is 11.5. The largest absolute Gasteiger partial charge is 0.495 e. The van der Waals surface area contributed by atoms with Crippen LogP contribution in [0.4, 0.5) is 5.69 Å². The fourth-order valence-corrected chi connectivity index (χ4v) is 4.12. The van der Waals surface area contributed by atoms with Crippen LogP contribution < -0.4 is 10.1 Å². The molecular formula is C23H20BrN5O2S. The lowest BCUT2D eigenvalue weighted by Gasteiger charge is -2.12. The number of methoxy groups -OCH3 is 1. The first-order chi connectivity index (χ1) is 15.5. The van der Waals surface area contributed by atoms with Crippen molar-refractivity contribution in [3.63, 3.8) is 0 Å². The number of benzene rings is 2. The van der Waals surface area contributed by atoms with Crippen LogP contribution in [-0.4, -0.2) is 38.5 Å². The molecule has 32 heavy (non-hydrogen) atoms. The van der Waals surface area contributed by atoms with Gasteiger partial charge >= 0.3 is 0 Å². The Morgan fingerprint density at radius 1 is 1.16 bits per heavy atom. The number of anilines is 1. The second kappa shape index (κ2) is 9.97. The molecule has 0 aliphatic heterocycles. The van der Waals surface area contributed by atoms with Gasteiger partial charge in [0.05, 0.1) is 18.6 Å². The van der Waals surface area contributed by atoms with Gasteiger partial charge in [0.2, 0.25) is 5.91 Å². The van der Waals surface area contributed by atoms with E-state index in [1.165, 1.54) is 11.8 Å². The smallest absolute Gasteiger partial charge is 0.234 e. The van der Waals surface area contributed by atoms with Gasteiger partial charge in [0.25, 0.3) is 0 Å². The van der Waals surface area contributed by atoms with E-state index in [4.69, 9.17) is 4.74 Å². The lowest BCUT2D eigenvalue weighted by atomic mass is 10.2. The Bertz CT molecular complexity index is 1230. The number of ether oxygens (including phenoxy) is 1. The van der Waals surface area contributed by atoms with Crippen LogP contribution in [0.1, 0.15) is 5.56 Å². The number of aryl methyl sites for hydroxylation is 1. The number of carbonyl (C=O) groups is 1. The van der Waals surface area contributed by atoms with Gasteiger partial charge in [-0.1, -0.05) is 33.8 Å². The second-order valence-electron chi connectivity index (χ2n) is 6.90.